The van der Waals surface area contributed by atoms with Crippen LogP contribution in [0.5, 0.6) is 0 Å². The van der Waals surface area contributed by atoms with Crippen LogP contribution in [0.25, 0.3) is 17.0 Å². The number of benzene rings is 1. The van der Waals surface area contributed by atoms with Crippen molar-refractivity contribution in [3.63, 3.8) is 0 Å². The number of carbonyl (C=O) groups excluding carboxylic acids is 1. The van der Waals surface area contributed by atoms with Crippen molar-refractivity contribution in [1.82, 2.24) is 29.8 Å². The van der Waals surface area contributed by atoms with Crippen LogP contribution in [0.15, 0.2) is 18.2 Å². The summed E-state index contributed by atoms with van der Waals surface area (Å²) in [6.07, 6.45) is -1.44. The molecule has 0 radical (unpaired) electrons. The Bertz CT molecular complexity index is 1240. The Morgan fingerprint density at radius 3 is 2.33 bits per heavy atom. The van der Waals surface area contributed by atoms with Crippen molar-refractivity contribution in [1.29, 1.82) is 0 Å². The van der Waals surface area contributed by atoms with Crippen LogP contribution in [0.1, 0.15) is 30.7 Å². The molecule has 4 heterocycles. The molecular weight excluding hydrogens is 494 g/mol. The average Bonchev–Trinajstić information content (AvgIpc) is 3.31. The highest BCUT2D eigenvalue weighted by molar-refractivity contribution is 6.27. The number of aromatic nitrogens is 5. The van der Waals surface area contributed by atoms with Crippen LogP contribution >= 0.6 is 11.6 Å². The number of alkyl halides is 3. The Labute approximate surface area is 211 Å². The highest BCUT2D eigenvalue weighted by atomic mass is 35.5. The van der Waals surface area contributed by atoms with Gasteiger partial charge < -0.3 is 19.9 Å². The number of morpholine rings is 1. The number of ether oxygens (including phenoxy) is 1. The number of nitrogens with one attached hydrogen (secondary N) is 1. The minimum Gasteiger partial charge on any atom is -0.378 e. The van der Waals surface area contributed by atoms with E-state index in [2.05, 4.69) is 20.3 Å². The van der Waals surface area contributed by atoms with Gasteiger partial charge >= 0.3 is 0 Å². The van der Waals surface area contributed by atoms with Gasteiger partial charge in [0.25, 0.3) is 6.43 Å². The maximum atomic E-state index is 14.1. The lowest BCUT2D eigenvalue weighted by Crippen LogP contribution is -2.45. The van der Waals surface area contributed by atoms with Crippen LogP contribution in [0.4, 0.5) is 20.7 Å². The van der Waals surface area contributed by atoms with Crippen molar-refractivity contribution in [2.45, 2.75) is 32.2 Å². The van der Waals surface area contributed by atoms with Gasteiger partial charge in [-0.1, -0.05) is 12.1 Å². The van der Waals surface area contributed by atoms with E-state index in [9.17, 15) is 13.6 Å². The maximum absolute atomic E-state index is 14.1. The molecule has 10 nitrogen and oxygen atoms in total. The Morgan fingerprint density at radius 1 is 1.06 bits per heavy atom. The van der Waals surface area contributed by atoms with Crippen LogP contribution in [0.3, 0.4) is 0 Å². The molecule has 2 aliphatic heterocycles. The number of piperidine rings is 1. The summed E-state index contributed by atoms with van der Waals surface area (Å²) in [6, 6.07) is 5.39. The molecule has 0 saturated carbocycles. The van der Waals surface area contributed by atoms with Gasteiger partial charge in [0.15, 0.2) is 5.82 Å². The van der Waals surface area contributed by atoms with Gasteiger partial charge in [-0.25, -0.2) is 13.8 Å². The smallest absolute Gasteiger partial charge is 0.296 e. The molecule has 3 aromatic rings. The minimum absolute atomic E-state index is 0.0125. The van der Waals surface area contributed by atoms with Crippen LogP contribution in [-0.2, 0) is 9.53 Å². The maximum Gasteiger partial charge on any atom is 0.296 e. The fraction of sp³-hybridized carbons (Fsp3) is 0.522. The Balaban J connectivity index is 1.55. The molecule has 0 atom stereocenters. The van der Waals surface area contributed by atoms with Crippen molar-refractivity contribution < 1.29 is 18.3 Å². The monoisotopic (exact) mass is 520 g/mol. The summed E-state index contributed by atoms with van der Waals surface area (Å²) < 4.78 is 35.1. The van der Waals surface area contributed by atoms with E-state index >= 15 is 0 Å². The van der Waals surface area contributed by atoms with Gasteiger partial charge in [-0.3, -0.25) is 9.36 Å². The van der Waals surface area contributed by atoms with Gasteiger partial charge in [0, 0.05) is 32.2 Å². The Morgan fingerprint density at radius 2 is 1.69 bits per heavy atom. The molecule has 36 heavy (non-hydrogen) atoms. The van der Waals surface area contributed by atoms with E-state index < -0.39 is 12.2 Å². The summed E-state index contributed by atoms with van der Waals surface area (Å²) in [5.41, 5.74) is 1.79. The summed E-state index contributed by atoms with van der Waals surface area (Å²) in [4.78, 5) is 33.8. The van der Waals surface area contributed by atoms with E-state index in [1.54, 1.807) is 12.1 Å². The number of halogens is 3. The zero-order chi connectivity index (χ0) is 25.2. The van der Waals surface area contributed by atoms with Gasteiger partial charge in [-0.05, 0) is 31.4 Å². The number of nitrogens with zero attached hydrogens (tertiary/aromatic N) is 7. The zero-order valence-corrected chi connectivity index (χ0v) is 20.6. The highest BCUT2D eigenvalue weighted by Crippen LogP contribution is 2.30. The lowest BCUT2D eigenvalue weighted by molar-refractivity contribution is -0.119. The largest absolute Gasteiger partial charge is 0.378 e. The summed E-state index contributed by atoms with van der Waals surface area (Å²) in [6.45, 7) is 5.23. The van der Waals surface area contributed by atoms with Crippen molar-refractivity contribution >= 4 is 40.4 Å². The first-order valence-electron chi connectivity index (χ1n) is 11.9. The van der Waals surface area contributed by atoms with E-state index in [-0.39, 0.29) is 23.8 Å². The van der Waals surface area contributed by atoms with Crippen LogP contribution in [-0.4, -0.2) is 81.7 Å². The number of aryl methyl sites for hydroxylation is 1. The molecule has 0 bridgehead atoms. The SMILES string of the molecule is Cc1cccc2c1nc(C(F)F)n2-c1nc(N2CCOCC2)nc(N2CCC(NC(=O)CCl)CC2)n1. The highest BCUT2D eigenvalue weighted by Gasteiger charge is 2.28. The van der Waals surface area contributed by atoms with E-state index in [0.29, 0.717) is 75.2 Å². The molecule has 1 amide bonds. The summed E-state index contributed by atoms with van der Waals surface area (Å²) in [5.74, 6) is 0.220. The Hall–Kier alpha value is -3.12. The van der Waals surface area contributed by atoms with Gasteiger partial charge in [-0.2, -0.15) is 15.0 Å². The molecular formula is C23H27ClF2N8O2. The van der Waals surface area contributed by atoms with Crippen molar-refractivity contribution in [3.8, 4) is 5.95 Å². The number of rotatable bonds is 6. The summed E-state index contributed by atoms with van der Waals surface area (Å²) in [5, 5.41) is 2.91. The van der Waals surface area contributed by atoms with Crippen LogP contribution in [0, 0.1) is 6.92 Å². The number of anilines is 2. The molecule has 2 aromatic heterocycles. The number of carbonyl (C=O) groups is 1. The number of amides is 1. The van der Waals surface area contributed by atoms with Crippen molar-refractivity contribution in [3.05, 3.63) is 29.6 Å². The standard InChI is InChI=1S/C23H27ClF2N8O2/c1-14-3-2-4-16-18(14)28-20(19(25)26)34(16)23-30-21(29-22(31-23)33-9-11-36-12-10-33)32-7-5-15(6-8-32)27-17(35)13-24/h2-4,15,19H,5-13H2,1H3,(H,27,35). The second-order valence-electron chi connectivity index (χ2n) is 8.85. The van der Waals surface area contributed by atoms with E-state index in [4.69, 9.17) is 21.3 Å². The normalized spacial score (nSPS) is 17.2. The molecule has 192 valence electrons. The van der Waals surface area contributed by atoms with Gasteiger partial charge in [0.2, 0.25) is 23.8 Å². The number of imidazole rings is 1. The van der Waals surface area contributed by atoms with Crippen molar-refractivity contribution in [2.24, 2.45) is 0 Å². The van der Waals surface area contributed by atoms with E-state index in [1.807, 2.05) is 22.8 Å². The third kappa shape index (κ3) is 4.92. The molecule has 1 N–H and O–H groups in total. The predicted octanol–water partition coefficient (Wildman–Crippen LogP) is 2.62. The molecule has 0 aliphatic carbocycles. The zero-order valence-electron chi connectivity index (χ0n) is 19.8. The second kappa shape index (κ2) is 10.5. The van der Waals surface area contributed by atoms with E-state index in [1.165, 1.54) is 4.57 Å². The lowest BCUT2D eigenvalue weighted by atomic mass is 10.1. The quantitative estimate of drug-likeness (QED) is 0.495. The molecule has 0 unspecified atom stereocenters. The first-order valence-corrected chi connectivity index (χ1v) is 12.4. The fourth-order valence-corrected chi connectivity index (χ4v) is 4.67. The van der Waals surface area contributed by atoms with Crippen LogP contribution < -0.4 is 15.1 Å². The van der Waals surface area contributed by atoms with E-state index in [0.717, 1.165) is 5.56 Å². The number of fused-ring (bicyclic) bond motifs is 1. The minimum atomic E-state index is -2.81. The molecule has 0 spiro atoms. The van der Waals surface area contributed by atoms with Crippen LogP contribution in [0.2, 0.25) is 0 Å². The average molecular weight is 521 g/mol. The molecule has 5 rings (SSSR count). The van der Waals surface area contributed by atoms with Gasteiger partial charge in [0.05, 0.1) is 24.2 Å². The molecule has 2 saturated heterocycles. The fourth-order valence-electron chi connectivity index (χ4n) is 4.59. The number of para-hydroxylation sites is 1. The Kier molecular flexibility index (Phi) is 7.15. The topological polar surface area (TPSA) is 101 Å². The molecule has 13 heteroatoms. The third-order valence-corrected chi connectivity index (χ3v) is 6.71. The lowest BCUT2D eigenvalue weighted by Gasteiger charge is -2.33. The second-order valence-corrected chi connectivity index (χ2v) is 9.11. The predicted molar refractivity (Wildman–Crippen MR) is 131 cm³/mol. The molecule has 2 aliphatic rings. The van der Waals surface area contributed by atoms with Crippen molar-refractivity contribution in [2.75, 3.05) is 55.1 Å². The molecule has 2 fully saturated rings. The third-order valence-electron chi connectivity index (χ3n) is 6.47. The summed E-state index contributed by atoms with van der Waals surface area (Å²) >= 11 is 5.62. The molecule has 1 aromatic carbocycles. The first-order chi connectivity index (χ1) is 17.4. The number of hydrogen-bond acceptors (Lipinski definition) is 8. The number of hydrogen-bond donors (Lipinski definition) is 1. The van der Waals surface area contributed by atoms with Gasteiger partial charge in [-0.15, -0.1) is 11.6 Å². The van der Waals surface area contributed by atoms with Gasteiger partial charge in [0.1, 0.15) is 5.88 Å². The first kappa shape index (κ1) is 24.6. The summed E-state index contributed by atoms with van der Waals surface area (Å²) in [7, 11) is 0.